The molecule has 3 aromatic rings. The van der Waals surface area contributed by atoms with Crippen molar-refractivity contribution in [1.82, 2.24) is 24.5 Å². The first-order valence-electron chi connectivity index (χ1n) is 6.63. The molecule has 21 heavy (non-hydrogen) atoms. The molecule has 0 aliphatic carbocycles. The summed E-state index contributed by atoms with van der Waals surface area (Å²) in [6.07, 6.45) is 4.43. The molecule has 0 radical (unpaired) electrons. The minimum atomic E-state index is -0.417. The second-order valence-electron chi connectivity index (χ2n) is 4.96. The highest BCUT2D eigenvalue weighted by Crippen LogP contribution is 2.25. The summed E-state index contributed by atoms with van der Waals surface area (Å²) in [5, 5.41) is 3.01. The first-order chi connectivity index (χ1) is 10.1. The van der Waals surface area contributed by atoms with Crippen molar-refractivity contribution < 1.29 is 4.39 Å². The molecule has 0 saturated heterocycles. The zero-order chi connectivity index (χ0) is 15.0. The highest BCUT2D eigenvalue weighted by atomic mass is 19.1. The van der Waals surface area contributed by atoms with Crippen molar-refractivity contribution in [3.63, 3.8) is 0 Å². The van der Waals surface area contributed by atoms with Crippen molar-refractivity contribution in [2.24, 2.45) is 0 Å². The van der Waals surface area contributed by atoms with Crippen LogP contribution in [0.4, 0.5) is 10.2 Å². The molecule has 0 aromatic carbocycles. The van der Waals surface area contributed by atoms with Crippen molar-refractivity contribution in [1.29, 1.82) is 0 Å². The molecule has 0 spiro atoms. The van der Waals surface area contributed by atoms with Gasteiger partial charge < -0.3 is 9.88 Å². The number of hydrogen-bond donors (Lipinski definition) is 1. The fourth-order valence-corrected chi connectivity index (χ4v) is 2.13. The predicted octanol–water partition coefficient (Wildman–Crippen LogP) is 2.65. The largest absolute Gasteiger partial charge is 0.371 e. The van der Waals surface area contributed by atoms with Gasteiger partial charge >= 0.3 is 0 Å². The molecule has 0 atom stereocenters. The van der Waals surface area contributed by atoms with Crippen molar-refractivity contribution in [3.05, 3.63) is 30.6 Å². The molecule has 3 heterocycles. The molecule has 0 saturated carbocycles. The first-order valence-corrected chi connectivity index (χ1v) is 6.63. The average molecular weight is 286 g/mol. The number of anilines is 1. The number of rotatable bonds is 3. The van der Waals surface area contributed by atoms with Gasteiger partial charge in [0.25, 0.3) is 0 Å². The van der Waals surface area contributed by atoms with Crippen LogP contribution in [0.3, 0.4) is 0 Å². The minimum absolute atomic E-state index is 0.216. The summed E-state index contributed by atoms with van der Waals surface area (Å²) in [4.78, 5) is 17.1. The van der Waals surface area contributed by atoms with Gasteiger partial charge in [0, 0.05) is 24.8 Å². The molecule has 0 fully saturated rings. The minimum Gasteiger partial charge on any atom is -0.371 e. The monoisotopic (exact) mass is 286 g/mol. The normalized spacial score (nSPS) is 11.3. The van der Waals surface area contributed by atoms with Gasteiger partial charge in [0.05, 0.1) is 12.5 Å². The van der Waals surface area contributed by atoms with E-state index in [1.54, 1.807) is 19.6 Å². The molecule has 0 unspecified atom stereocenters. The molecule has 0 aliphatic heterocycles. The second-order valence-corrected chi connectivity index (χ2v) is 4.96. The van der Waals surface area contributed by atoms with Crippen LogP contribution in [-0.4, -0.2) is 31.6 Å². The van der Waals surface area contributed by atoms with E-state index in [9.17, 15) is 4.39 Å². The summed E-state index contributed by atoms with van der Waals surface area (Å²) in [5.74, 6) is 0.611. The number of halogens is 1. The number of imidazole rings is 1. The first kappa shape index (κ1) is 13.4. The lowest BCUT2D eigenvalue weighted by Crippen LogP contribution is -2.03. The van der Waals surface area contributed by atoms with E-state index >= 15 is 0 Å². The molecule has 7 heteroatoms. The highest BCUT2D eigenvalue weighted by Gasteiger charge is 2.15. The van der Waals surface area contributed by atoms with Gasteiger partial charge in [0.2, 0.25) is 0 Å². The van der Waals surface area contributed by atoms with Gasteiger partial charge in [0.1, 0.15) is 11.3 Å². The fourth-order valence-electron chi connectivity index (χ4n) is 2.13. The Bertz CT molecular complexity index is 795. The van der Waals surface area contributed by atoms with Crippen LogP contribution in [0.1, 0.15) is 19.9 Å². The number of hydrogen-bond acceptors (Lipinski definition) is 5. The van der Waals surface area contributed by atoms with Gasteiger partial charge in [0.15, 0.2) is 17.3 Å². The Hall–Kier alpha value is -2.57. The Morgan fingerprint density at radius 3 is 2.71 bits per heavy atom. The van der Waals surface area contributed by atoms with Gasteiger partial charge in [-0.25, -0.2) is 19.3 Å². The Kier molecular flexibility index (Phi) is 3.25. The Morgan fingerprint density at radius 1 is 1.24 bits per heavy atom. The lowest BCUT2D eigenvalue weighted by molar-refractivity contribution is 0.612. The van der Waals surface area contributed by atoms with Gasteiger partial charge in [-0.15, -0.1) is 0 Å². The summed E-state index contributed by atoms with van der Waals surface area (Å²) in [6.45, 7) is 4.09. The zero-order valence-corrected chi connectivity index (χ0v) is 12.0. The average Bonchev–Trinajstić information content (AvgIpc) is 2.90. The molecule has 3 rings (SSSR count). The SMILES string of the molecule is CNc1nc(-c2cncc(F)c2)nc2c1ncn2C(C)C. The lowest BCUT2D eigenvalue weighted by atomic mass is 10.2. The van der Waals surface area contributed by atoms with Crippen molar-refractivity contribution in [2.75, 3.05) is 12.4 Å². The lowest BCUT2D eigenvalue weighted by Gasteiger charge is -2.09. The van der Waals surface area contributed by atoms with E-state index in [1.807, 2.05) is 18.4 Å². The van der Waals surface area contributed by atoms with Gasteiger partial charge in [-0.3, -0.25) is 4.98 Å². The van der Waals surface area contributed by atoms with Crippen LogP contribution in [0.5, 0.6) is 0 Å². The Labute approximate surface area is 121 Å². The van der Waals surface area contributed by atoms with E-state index in [1.165, 1.54) is 6.07 Å². The van der Waals surface area contributed by atoms with Crippen LogP contribution in [0.15, 0.2) is 24.8 Å². The number of aromatic nitrogens is 5. The maximum atomic E-state index is 13.3. The molecular weight excluding hydrogens is 271 g/mol. The van der Waals surface area contributed by atoms with E-state index in [0.29, 0.717) is 28.4 Å². The van der Waals surface area contributed by atoms with E-state index in [0.717, 1.165) is 6.20 Å². The topological polar surface area (TPSA) is 68.5 Å². The van der Waals surface area contributed by atoms with Gasteiger partial charge in [-0.2, -0.15) is 0 Å². The molecule has 6 nitrogen and oxygen atoms in total. The van der Waals surface area contributed by atoms with Crippen LogP contribution < -0.4 is 5.32 Å². The summed E-state index contributed by atoms with van der Waals surface area (Å²) >= 11 is 0. The second kappa shape index (κ2) is 5.08. The summed E-state index contributed by atoms with van der Waals surface area (Å²) in [5.41, 5.74) is 1.94. The molecule has 3 aromatic heterocycles. The number of nitrogens with zero attached hydrogens (tertiary/aromatic N) is 5. The van der Waals surface area contributed by atoms with Crippen LogP contribution in [-0.2, 0) is 0 Å². The van der Waals surface area contributed by atoms with E-state index in [-0.39, 0.29) is 6.04 Å². The predicted molar refractivity (Wildman–Crippen MR) is 78.4 cm³/mol. The molecule has 1 N–H and O–H groups in total. The fraction of sp³-hybridized carbons (Fsp3) is 0.286. The van der Waals surface area contributed by atoms with Crippen LogP contribution in [0.2, 0.25) is 0 Å². The zero-order valence-electron chi connectivity index (χ0n) is 12.0. The highest BCUT2D eigenvalue weighted by molar-refractivity contribution is 5.85. The molecule has 0 bridgehead atoms. The Balaban J connectivity index is 2.26. The van der Waals surface area contributed by atoms with Crippen molar-refractivity contribution in [2.45, 2.75) is 19.9 Å². The van der Waals surface area contributed by atoms with Crippen LogP contribution in [0, 0.1) is 5.82 Å². The summed E-state index contributed by atoms with van der Waals surface area (Å²) < 4.78 is 15.3. The maximum Gasteiger partial charge on any atom is 0.166 e. The van der Waals surface area contributed by atoms with Crippen LogP contribution in [0.25, 0.3) is 22.6 Å². The number of pyridine rings is 1. The quantitative estimate of drug-likeness (QED) is 0.801. The Morgan fingerprint density at radius 2 is 2.05 bits per heavy atom. The molecule has 0 aliphatic rings. The third kappa shape index (κ3) is 2.31. The molecule has 108 valence electrons. The van der Waals surface area contributed by atoms with Gasteiger partial charge in [-0.1, -0.05) is 0 Å². The van der Waals surface area contributed by atoms with Gasteiger partial charge in [-0.05, 0) is 19.9 Å². The molecular formula is C14H15FN6. The maximum absolute atomic E-state index is 13.3. The number of nitrogens with one attached hydrogen (secondary N) is 1. The van der Waals surface area contributed by atoms with Crippen LogP contribution >= 0.6 is 0 Å². The third-order valence-electron chi connectivity index (χ3n) is 3.18. The van der Waals surface area contributed by atoms with Crippen molar-refractivity contribution >= 4 is 17.0 Å². The van der Waals surface area contributed by atoms with E-state index in [2.05, 4.69) is 25.3 Å². The molecule has 0 amide bonds. The standard InChI is InChI=1S/C14H15FN6/c1-8(2)21-7-18-11-13(16-3)19-12(20-14(11)21)9-4-10(15)6-17-5-9/h4-8H,1-3H3,(H,16,19,20). The summed E-state index contributed by atoms with van der Waals surface area (Å²) in [7, 11) is 1.77. The number of fused-ring (bicyclic) bond motifs is 1. The van der Waals surface area contributed by atoms with Crippen molar-refractivity contribution in [3.8, 4) is 11.4 Å². The third-order valence-corrected chi connectivity index (χ3v) is 3.18. The van der Waals surface area contributed by atoms with E-state index in [4.69, 9.17) is 0 Å². The smallest absolute Gasteiger partial charge is 0.166 e. The van der Waals surface area contributed by atoms with E-state index < -0.39 is 5.82 Å². The summed E-state index contributed by atoms with van der Waals surface area (Å²) in [6, 6.07) is 1.58.